The van der Waals surface area contributed by atoms with Gasteiger partial charge in [-0.2, -0.15) is 0 Å². The first kappa shape index (κ1) is 27.0. The maximum atomic E-state index is 6.07. The van der Waals surface area contributed by atoms with E-state index >= 15 is 0 Å². The molecule has 47 heavy (non-hydrogen) atoms. The molecule has 230 valence electrons. The summed E-state index contributed by atoms with van der Waals surface area (Å²) in [6, 6.07) is 42.4. The van der Waals surface area contributed by atoms with Crippen LogP contribution >= 0.6 is 0 Å². The molecule has 5 nitrogen and oxygen atoms in total. The molecule has 0 saturated heterocycles. The molecular weight excluding hydrogens is 578 g/mol. The Morgan fingerprint density at radius 2 is 0.894 bits per heavy atom. The minimum atomic E-state index is 0.376. The summed E-state index contributed by atoms with van der Waals surface area (Å²) in [5.74, 6) is 4.05. The fraction of sp³-hybridized carbons (Fsp3) is 0.238. The van der Waals surface area contributed by atoms with Crippen LogP contribution in [0.2, 0.25) is 0 Å². The Bertz CT molecular complexity index is 2010. The van der Waals surface area contributed by atoms with Crippen LogP contribution in [0.4, 0.5) is 17.1 Å². The minimum Gasteiger partial charge on any atom is -0.436 e. The van der Waals surface area contributed by atoms with Gasteiger partial charge in [0.05, 0.1) is 0 Å². The van der Waals surface area contributed by atoms with Gasteiger partial charge < -0.3 is 13.7 Å². The Kier molecular flexibility index (Phi) is 5.99. The summed E-state index contributed by atoms with van der Waals surface area (Å²) in [5, 5.41) is 0. The fourth-order valence-corrected chi connectivity index (χ4v) is 9.37. The zero-order chi connectivity index (χ0) is 31.0. The van der Waals surface area contributed by atoms with Crippen LogP contribution in [0.25, 0.3) is 45.1 Å². The van der Waals surface area contributed by atoms with Gasteiger partial charge in [-0.3, -0.25) is 0 Å². The van der Waals surface area contributed by atoms with E-state index in [1.54, 1.807) is 0 Å². The second-order valence-electron chi connectivity index (χ2n) is 14.1. The van der Waals surface area contributed by atoms with Crippen LogP contribution in [0.1, 0.15) is 44.1 Å². The van der Waals surface area contributed by atoms with Gasteiger partial charge in [0.25, 0.3) is 0 Å². The molecule has 0 aliphatic heterocycles. The molecule has 4 aliphatic rings. The summed E-state index contributed by atoms with van der Waals surface area (Å²) in [5.41, 5.74) is 10.4. The van der Waals surface area contributed by atoms with Crippen molar-refractivity contribution in [3.05, 3.63) is 127 Å². The quantitative estimate of drug-likeness (QED) is 0.187. The molecule has 0 radical (unpaired) electrons. The van der Waals surface area contributed by atoms with Crippen molar-refractivity contribution in [1.29, 1.82) is 0 Å². The van der Waals surface area contributed by atoms with Crippen molar-refractivity contribution in [2.24, 2.45) is 17.8 Å². The van der Waals surface area contributed by atoms with Crippen molar-refractivity contribution in [2.75, 3.05) is 4.90 Å². The third-order valence-corrected chi connectivity index (χ3v) is 11.1. The van der Waals surface area contributed by atoms with Crippen LogP contribution < -0.4 is 4.90 Å². The van der Waals surface area contributed by atoms with Crippen LogP contribution in [-0.4, -0.2) is 9.97 Å². The van der Waals surface area contributed by atoms with Crippen molar-refractivity contribution >= 4 is 39.3 Å². The molecule has 4 aliphatic carbocycles. The number of rotatable bonds is 6. The van der Waals surface area contributed by atoms with E-state index in [1.807, 2.05) is 48.5 Å². The zero-order valence-electron chi connectivity index (χ0n) is 26.2. The van der Waals surface area contributed by atoms with E-state index in [0.29, 0.717) is 17.2 Å². The molecule has 0 unspecified atom stereocenters. The first-order valence-electron chi connectivity index (χ1n) is 17.0. The van der Waals surface area contributed by atoms with E-state index in [9.17, 15) is 0 Å². The molecule has 0 spiro atoms. The first-order chi connectivity index (χ1) is 23.2. The molecule has 4 saturated carbocycles. The molecule has 5 heteroatoms. The van der Waals surface area contributed by atoms with Crippen molar-refractivity contribution in [1.82, 2.24) is 9.97 Å². The maximum absolute atomic E-state index is 6.07. The van der Waals surface area contributed by atoms with E-state index in [0.717, 1.165) is 68.1 Å². The molecule has 2 heterocycles. The predicted molar refractivity (Wildman–Crippen MR) is 187 cm³/mol. The lowest BCUT2D eigenvalue weighted by Crippen LogP contribution is -2.48. The van der Waals surface area contributed by atoms with E-state index in [2.05, 4.69) is 77.7 Å². The van der Waals surface area contributed by atoms with Crippen molar-refractivity contribution < 1.29 is 8.83 Å². The number of nitrogens with zero attached hydrogens (tertiary/aromatic N) is 3. The summed E-state index contributed by atoms with van der Waals surface area (Å²) < 4.78 is 12.1. The molecule has 0 atom stereocenters. The molecule has 0 amide bonds. The molecule has 5 aromatic carbocycles. The number of anilines is 3. The van der Waals surface area contributed by atoms with Gasteiger partial charge in [-0.05, 0) is 152 Å². The van der Waals surface area contributed by atoms with Crippen molar-refractivity contribution in [3.63, 3.8) is 0 Å². The molecular formula is C42H35N3O2. The smallest absolute Gasteiger partial charge is 0.227 e. The van der Waals surface area contributed by atoms with Crippen LogP contribution in [0.15, 0.2) is 130 Å². The lowest BCUT2D eigenvalue weighted by molar-refractivity contribution is -0.00518. The molecule has 0 N–H and O–H groups in total. The number of hydrogen-bond acceptors (Lipinski definition) is 5. The van der Waals surface area contributed by atoms with Gasteiger partial charge in [-0.15, -0.1) is 0 Å². The molecule has 11 rings (SSSR count). The van der Waals surface area contributed by atoms with Gasteiger partial charge in [0.1, 0.15) is 11.0 Å². The number of fused-ring (bicyclic) bond motifs is 2. The van der Waals surface area contributed by atoms with Gasteiger partial charge in [0.15, 0.2) is 11.2 Å². The normalized spacial score (nSPS) is 23.1. The Morgan fingerprint density at radius 3 is 1.32 bits per heavy atom. The average molecular weight is 614 g/mol. The predicted octanol–water partition coefficient (Wildman–Crippen LogP) is 11.2. The maximum Gasteiger partial charge on any atom is 0.227 e. The van der Waals surface area contributed by atoms with E-state index < -0.39 is 0 Å². The largest absolute Gasteiger partial charge is 0.436 e. The first-order valence-corrected chi connectivity index (χ1v) is 17.0. The number of aromatic nitrogens is 2. The second kappa shape index (κ2) is 10.4. The van der Waals surface area contributed by atoms with Crippen molar-refractivity contribution in [3.8, 4) is 22.9 Å². The lowest BCUT2D eigenvalue weighted by atomic mass is 9.48. The Morgan fingerprint density at radius 1 is 0.489 bits per heavy atom. The minimum absolute atomic E-state index is 0.376. The van der Waals surface area contributed by atoms with Crippen LogP contribution in [-0.2, 0) is 5.41 Å². The average Bonchev–Trinajstić information content (AvgIpc) is 3.74. The Labute approximate surface area is 273 Å². The third-order valence-electron chi connectivity index (χ3n) is 11.1. The van der Waals surface area contributed by atoms with E-state index in [1.165, 1.54) is 44.1 Å². The van der Waals surface area contributed by atoms with Crippen LogP contribution in [0.5, 0.6) is 0 Å². The van der Waals surface area contributed by atoms with Gasteiger partial charge in [-0.25, -0.2) is 9.97 Å². The highest BCUT2D eigenvalue weighted by Gasteiger charge is 2.51. The van der Waals surface area contributed by atoms with Crippen LogP contribution in [0, 0.1) is 17.8 Å². The van der Waals surface area contributed by atoms with Crippen molar-refractivity contribution in [2.45, 2.75) is 43.9 Å². The summed E-state index contributed by atoms with van der Waals surface area (Å²) in [6.45, 7) is 0. The third kappa shape index (κ3) is 4.59. The van der Waals surface area contributed by atoms with Gasteiger partial charge in [0, 0.05) is 28.2 Å². The number of hydrogen-bond donors (Lipinski definition) is 0. The highest BCUT2D eigenvalue weighted by Crippen LogP contribution is 2.60. The molecule has 4 bridgehead atoms. The van der Waals surface area contributed by atoms with Gasteiger partial charge in [0.2, 0.25) is 11.8 Å². The van der Waals surface area contributed by atoms with E-state index in [4.69, 9.17) is 18.8 Å². The summed E-state index contributed by atoms with van der Waals surface area (Å²) in [4.78, 5) is 11.8. The summed E-state index contributed by atoms with van der Waals surface area (Å²) in [7, 11) is 0. The lowest BCUT2D eigenvalue weighted by Gasteiger charge is -2.57. The topological polar surface area (TPSA) is 55.3 Å². The number of para-hydroxylation sites is 4. The zero-order valence-corrected chi connectivity index (χ0v) is 26.2. The second-order valence-corrected chi connectivity index (χ2v) is 14.1. The monoisotopic (exact) mass is 613 g/mol. The molecule has 7 aromatic rings. The Hall–Kier alpha value is -5.16. The molecule has 2 aromatic heterocycles. The summed E-state index contributed by atoms with van der Waals surface area (Å²) in [6.07, 6.45) is 8.50. The highest BCUT2D eigenvalue weighted by atomic mass is 16.4. The summed E-state index contributed by atoms with van der Waals surface area (Å²) >= 11 is 0. The number of oxazole rings is 2. The number of benzene rings is 5. The highest BCUT2D eigenvalue weighted by molar-refractivity contribution is 5.81. The fourth-order valence-electron chi connectivity index (χ4n) is 9.37. The van der Waals surface area contributed by atoms with Crippen LogP contribution in [0.3, 0.4) is 0 Å². The standard InChI is InChI=1S/C42H35N3O2/c1-3-7-38-36(5-1)43-40(46-38)30-9-15-33(16-10-30)45(34-17-11-31(12-18-34)41-44-37-6-2-4-8-39(37)47-41)35-19-13-32(14-20-35)42-24-27-21-28(25-42)23-29(22-27)26-42/h1-20,27-29H,21-26H2. The Balaban J connectivity index is 1.01. The van der Waals surface area contributed by atoms with Gasteiger partial charge >= 0.3 is 0 Å². The SMILES string of the molecule is c1ccc2oc(-c3ccc(N(c4ccc(-c5nc6ccccc6o5)cc4)c4ccc(C56CC7CC(CC(C7)C5)C6)cc4)cc3)nc2c1. The van der Waals surface area contributed by atoms with E-state index in [-0.39, 0.29) is 0 Å². The van der Waals surface area contributed by atoms with Gasteiger partial charge in [-0.1, -0.05) is 36.4 Å². The molecule has 4 fully saturated rings.